The highest BCUT2D eigenvalue weighted by Gasteiger charge is 2.34. The molecule has 2 rings (SSSR count). The average Bonchev–Trinajstić information content (AvgIpc) is 2.45. The molecule has 1 N–H and O–H groups in total. The lowest BCUT2D eigenvalue weighted by Gasteiger charge is -2.12. The lowest BCUT2D eigenvalue weighted by atomic mass is 10.00. The lowest BCUT2D eigenvalue weighted by molar-refractivity contribution is -0.137. The molecule has 1 aromatic heterocycles. The van der Waals surface area contributed by atoms with Crippen LogP contribution < -0.4 is 0 Å². The van der Waals surface area contributed by atoms with Crippen LogP contribution >= 0.6 is 12.2 Å². The summed E-state index contributed by atoms with van der Waals surface area (Å²) >= 11 is 4.90. The molecule has 0 radical (unpaired) electrons. The molecule has 0 spiro atoms. The summed E-state index contributed by atoms with van der Waals surface area (Å²) in [6.45, 7) is 4.20. The molecule has 0 bridgehead atoms. The summed E-state index contributed by atoms with van der Waals surface area (Å²) in [7, 11) is 0. The SMILES string of the molecule is CC(C)Cc1ccc(-c2cc(C(F)(F)F)c(C#N)c(=S)[nH]2)cc1. The van der Waals surface area contributed by atoms with Crippen LogP contribution in [0.15, 0.2) is 30.3 Å². The summed E-state index contributed by atoms with van der Waals surface area (Å²) in [5.41, 5.74) is 0.403. The summed E-state index contributed by atoms with van der Waals surface area (Å²) in [4.78, 5) is 2.71. The fourth-order valence-corrected chi connectivity index (χ4v) is 2.61. The molecule has 23 heavy (non-hydrogen) atoms. The van der Waals surface area contributed by atoms with Crippen molar-refractivity contribution >= 4 is 12.2 Å². The van der Waals surface area contributed by atoms with Crippen LogP contribution in [-0.2, 0) is 12.6 Å². The van der Waals surface area contributed by atoms with Gasteiger partial charge >= 0.3 is 6.18 Å². The van der Waals surface area contributed by atoms with Gasteiger partial charge in [0.05, 0.1) is 11.1 Å². The third kappa shape index (κ3) is 3.99. The second-order valence-corrected chi connectivity index (χ2v) is 6.11. The number of nitrogens with one attached hydrogen (secondary N) is 1. The van der Waals surface area contributed by atoms with Gasteiger partial charge in [-0.05, 0) is 29.5 Å². The first-order chi connectivity index (χ1) is 10.7. The number of halogens is 3. The quantitative estimate of drug-likeness (QED) is 0.752. The molecular weight excluding hydrogens is 321 g/mol. The molecule has 0 aliphatic heterocycles. The molecular formula is C17H15F3N2S. The number of rotatable bonds is 3. The Labute approximate surface area is 137 Å². The smallest absolute Gasteiger partial charge is 0.345 e. The number of aromatic amines is 1. The van der Waals surface area contributed by atoms with Crippen LogP contribution in [0.1, 0.15) is 30.5 Å². The highest BCUT2D eigenvalue weighted by atomic mass is 32.1. The van der Waals surface area contributed by atoms with Crippen molar-refractivity contribution < 1.29 is 13.2 Å². The predicted octanol–water partition coefficient (Wildman–Crippen LogP) is 5.50. The standard InChI is InChI=1S/C17H15F3N2S/c1-10(2)7-11-3-5-12(6-4-11)15-8-14(17(18,19)20)13(9-21)16(23)22-15/h3-6,8,10H,7H2,1-2H3,(H,22,23). The van der Waals surface area contributed by atoms with Crippen LogP contribution in [0, 0.1) is 21.9 Å². The maximum atomic E-state index is 13.1. The molecule has 0 saturated heterocycles. The van der Waals surface area contributed by atoms with Gasteiger partial charge in [-0.25, -0.2) is 0 Å². The molecule has 0 unspecified atom stereocenters. The van der Waals surface area contributed by atoms with E-state index >= 15 is 0 Å². The summed E-state index contributed by atoms with van der Waals surface area (Å²) in [6.07, 6.45) is -3.72. The lowest BCUT2D eigenvalue weighted by Crippen LogP contribution is -2.09. The number of aromatic nitrogens is 1. The summed E-state index contributed by atoms with van der Waals surface area (Å²) in [5, 5.41) is 8.91. The normalized spacial score (nSPS) is 11.5. The van der Waals surface area contributed by atoms with Crippen molar-refractivity contribution in [3.63, 3.8) is 0 Å². The Hall–Kier alpha value is -2.13. The molecule has 1 heterocycles. The second-order valence-electron chi connectivity index (χ2n) is 5.71. The van der Waals surface area contributed by atoms with Crippen LogP contribution in [0.5, 0.6) is 0 Å². The van der Waals surface area contributed by atoms with E-state index in [1.165, 1.54) is 6.07 Å². The Kier molecular flexibility index (Phi) is 4.90. The predicted molar refractivity (Wildman–Crippen MR) is 85.3 cm³/mol. The van der Waals surface area contributed by atoms with Gasteiger partial charge in [-0.2, -0.15) is 18.4 Å². The van der Waals surface area contributed by atoms with E-state index in [1.807, 2.05) is 12.1 Å². The maximum Gasteiger partial charge on any atom is 0.417 e. The number of alkyl halides is 3. The van der Waals surface area contributed by atoms with Gasteiger partial charge in [-0.3, -0.25) is 0 Å². The fraction of sp³-hybridized carbons (Fsp3) is 0.294. The van der Waals surface area contributed by atoms with E-state index in [2.05, 4.69) is 18.8 Å². The second kappa shape index (κ2) is 6.55. The third-order valence-corrected chi connectivity index (χ3v) is 3.67. The van der Waals surface area contributed by atoms with Crippen LogP contribution in [-0.4, -0.2) is 4.98 Å². The number of pyridine rings is 1. The van der Waals surface area contributed by atoms with E-state index < -0.39 is 17.3 Å². The van der Waals surface area contributed by atoms with E-state index in [0.717, 1.165) is 18.1 Å². The van der Waals surface area contributed by atoms with Crippen molar-refractivity contribution in [2.24, 2.45) is 5.92 Å². The summed E-state index contributed by atoms with van der Waals surface area (Å²) in [5.74, 6) is 0.499. The van der Waals surface area contributed by atoms with Gasteiger partial charge in [0.25, 0.3) is 0 Å². The monoisotopic (exact) mass is 336 g/mol. The Morgan fingerprint density at radius 1 is 1.22 bits per heavy atom. The van der Waals surface area contributed by atoms with Crippen molar-refractivity contribution in [3.05, 3.63) is 51.7 Å². The van der Waals surface area contributed by atoms with Crippen LogP contribution in [0.3, 0.4) is 0 Å². The molecule has 0 aliphatic carbocycles. The van der Waals surface area contributed by atoms with Crippen molar-refractivity contribution in [1.82, 2.24) is 4.98 Å². The van der Waals surface area contributed by atoms with Gasteiger partial charge in [0.2, 0.25) is 0 Å². The molecule has 0 amide bonds. The first-order valence-electron chi connectivity index (χ1n) is 7.06. The Morgan fingerprint density at radius 2 is 1.83 bits per heavy atom. The molecule has 1 aromatic carbocycles. The van der Waals surface area contributed by atoms with Crippen LogP contribution in [0.2, 0.25) is 0 Å². The summed E-state index contributed by atoms with van der Waals surface area (Å²) in [6, 6.07) is 9.74. The van der Waals surface area contributed by atoms with Gasteiger partial charge in [0.1, 0.15) is 10.7 Å². The number of benzene rings is 1. The topological polar surface area (TPSA) is 39.6 Å². The largest absolute Gasteiger partial charge is 0.417 e. The van der Waals surface area contributed by atoms with E-state index in [4.69, 9.17) is 17.5 Å². The van der Waals surface area contributed by atoms with Gasteiger partial charge in [-0.15, -0.1) is 0 Å². The third-order valence-electron chi connectivity index (χ3n) is 3.36. The molecule has 2 aromatic rings. The molecule has 0 atom stereocenters. The minimum atomic E-state index is -4.62. The zero-order valence-electron chi connectivity index (χ0n) is 12.7. The number of hydrogen-bond donors (Lipinski definition) is 1. The Balaban J connectivity index is 2.51. The molecule has 0 fully saturated rings. The molecule has 6 heteroatoms. The van der Waals surface area contributed by atoms with Gasteiger partial charge in [0, 0.05) is 5.69 Å². The molecule has 0 saturated carbocycles. The average molecular weight is 336 g/mol. The molecule has 2 nitrogen and oxygen atoms in total. The van der Waals surface area contributed by atoms with Gasteiger partial charge < -0.3 is 4.98 Å². The van der Waals surface area contributed by atoms with Crippen molar-refractivity contribution in [2.75, 3.05) is 0 Å². The van der Waals surface area contributed by atoms with E-state index in [0.29, 0.717) is 11.5 Å². The Morgan fingerprint density at radius 3 is 2.30 bits per heavy atom. The fourth-order valence-electron chi connectivity index (χ4n) is 2.34. The van der Waals surface area contributed by atoms with E-state index in [1.54, 1.807) is 12.1 Å². The van der Waals surface area contributed by atoms with Crippen molar-refractivity contribution in [3.8, 4) is 17.3 Å². The highest BCUT2D eigenvalue weighted by molar-refractivity contribution is 7.71. The number of nitriles is 1. The van der Waals surface area contributed by atoms with Gasteiger partial charge in [0.15, 0.2) is 0 Å². The highest BCUT2D eigenvalue weighted by Crippen LogP contribution is 2.34. The first-order valence-corrected chi connectivity index (χ1v) is 7.47. The zero-order valence-corrected chi connectivity index (χ0v) is 13.5. The first kappa shape index (κ1) is 17.2. The zero-order chi connectivity index (χ0) is 17.2. The van der Waals surface area contributed by atoms with E-state index in [-0.39, 0.29) is 10.3 Å². The number of H-pyrrole nitrogens is 1. The van der Waals surface area contributed by atoms with Gasteiger partial charge in [-0.1, -0.05) is 50.3 Å². The summed E-state index contributed by atoms with van der Waals surface area (Å²) < 4.78 is 39.1. The van der Waals surface area contributed by atoms with Crippen molar-refractivity contribution in [2.45, 2.75) is 26.4 Å². The van der Waals surface area contributed by atoms with Crippen LogP contribution in [0.4, 0.5) is 13.2 Å². The van der Waals surface area contributed by atoms with Crippen molar-refractivity contribution in [1.29, 1.82) is 5.26 Å². The minimum Gasteiger partial charge on any atom is -0.345 e. The molecule has 0 aliphatic rings. The number of nitrogens with zero attached hydrogens (tertiary/aromatic N) is 1. The van der Waals surface area contributed by atoms with Crippen LogP contribution in [0.25, 0.3) is 11.3 Å². The molecule has 120 valence electrons. The Bertz CT molecular complexity index is 797. The minimum absolute atomic E-state index is 0.205. The van der Waals surface area contributed by atoms with E-state index in [9.17, 15) is 13.2 Å². The maximum absolute atomic E-state index is 13.1. The number of hydrogen-bond acceptors (Lipinski definition) is 2.